The molecule has 21 heavy (non-hydrogen) atoms. The number of nitrogens with zero attached hydrogens (tertiary/aromatic N) is 4. The number of aromatic nitrogens is 2. The molecule has 2 fully saturated rings. The van der Waals surface area contributed by atoms with Crippen LogP contribution in [0.1, 0.15) is 32.1 Å². The average Bonchev–Trinajstić information content (AvgIpc) is 2.56. The van der Waals surface area contributed by atoms with Crippen LogP contribution in [-0.2, 0) is 0 Å². The van der Waals surface area contributed by atoms with Gasteiger partial charge in [0.05, 0.1) is 17.8 Å². The lowest BCUT2D eigenvalue weighted by Gasteiger charge is -2.40. The minimum absolute atomic E-state index is 0.606. The SMILES string of the molecule is COc1nc(N2CCN(C3CCCCC3)CC2)ncc1Br. The zero-order valence-electron chi connectivity index (χ0n) is 12.6. The summed E-state index contributed by atoms with van der Waals surface area (Å²) < 4.78 is 6.06. The van der Waals surface area contributed by atoms with Crippen LogP contribution < -0.4 is 9.64 Å². The summed E-state index contributed by atoms with van der Waals surface area (Å²) in [6.07, 6.45) is 8.75. The van der Waals surface area contributed by atoms with Crippen LogP contribution in [0.4, 0.5) is 5.95 Å². The Hall–Kier alpha value is -0.880. The van der Waals surface area contributed by atoms with Gasteiger partial charge in [-0.05, 0) is 28.8 Å². The molecule has 0 amide bonds. The van der Waals surface area contributed by atoms with Gasteiger partial charge in [-0.2, -0.15) is 4.98 Å². The summed E-state index contributed by atoms with van der Waals surface area (Å²) in [7, 11) is 1.64. The Kier molecular flexibility index (Phi) is 4.95. The number of anilines is 1. The molecule has 1 aromatic rings. The van der Waals surface area contributed by atoms with E-state index in [9.17, 15) is 0 Å². The molecule has 1 aliphatic carbocycles. The fourth-order valence-corrected chi connectivity index (χ4v) is 3.72. The van der Waals surface area contributed by atoms with Gasteiger partial charge in [-0.3, -0.25) is 4.90 Å². The molecule has 116 valence electrons. The van der Waals surface area contributed by atoms with Crippen LogP contribution in [0.15, 0.2) is 10.7 Å². The first-order chi connectivity index (χ1) is 10.3. The zero-order chi connectivity index (χ0) is 14.7. The van der Waals surface area contributed by atoms with E-state index in [1.54, 1.807) is 13.3 Å². The standard InChI is InChI=1S/C15H23BrN4O/c1-21-14-13(16)11-17-15(18-14)20-9-7-19(8-10-20)12-5-3-2-4-6-12/h11-12H,2-10H2,1H3. The number of hydrogen-bond donors (Lipinski definition) is 0. The largest absolute Gasteiger partial charge is 0.480 e. The Bertz CT molecular complexity index is 471. The molecule has 1 saturated carbocycles. The first kappa shape index (κ1) is 15.0. The van der Waals surface area contributed by atoms with Crippen molar-refractivity contribution < 1.29 is 4.74 Å². The lowest BCUT2D eigenvalue weighted by Crippen LogP contribution is -2.51. The van der Waals surface area contributed by atoms with Gasteiger partial charge in [-0.15, -0.1) is 0 Å². The van der Waals surface area contributed by atoms with Gasteiger partial charge in [-0.1, -0.05) is 19.3 Å². The van der Waals surface area contributed by atoms with E-state index in [1.807, 2.05) is 0 Å². The highest BCUT2D eigenvalue weighted by molar-refractivity contribution is 9.10. The molecule has 1 aliphatic heterocycles. The predicted octanol–water partition coefficient (Wildman–Crippen LogP) is 2.70. The van der Waals surface area contributed by atoms with Crippen molar-refractivity contribution in [2.75, 3.05) is 38.2 Å². The first-order valence-corrected chi connectivity index (χ1v) is 8.63. The minimum Gasteiger partial charge on any atom is -0.480 e. The monoisotopic (exact) mass is 354 g/mol. The molecule has 0 unspecified atom stereocenters. The van der Waals surface area contributed by atoms with Crippen LogP contribution in [0.25, 0.3) is 0 Å². The minimum atomic E-state index is 0.606. The zero-order valence-corrected chi connectivity index (χ0v) is 14.2. The van der Waals surface area contributed by atoms with Crippen LogP contribution in [0.3, 0.4) is 0 Å². The molecule has 0 aromatic carbocycles. The Balaban J connectivity index is 1.60. The maximum Gasteiger partial charge on any atom is 0.232 e. The number of rotatable bonds is 3. The summed E-state index contributed by atoms with van der Waals surface area (Å²) in [5.74, 6) is 1.38. The van der Waals surface area contributed by atoms with E-state index in [2.05, 4.69) is 35.7 Å². The highest BCUT2D eigenvalue weighted by Gasteiger charge is 2.26. The van der Waals surface area contributed by atoms with Crippen LogP contribution >= 0.6 is 15.9 Å². The molecule has 6 heteroatoms. The van der Waals surface area contributed by atoms with Crippen molar-refractivity contribution in [3.05, 3.63) is 10.7 Å². The average molecular weight is 355 g/mol. The summed E-state index contributed by atoms with van der Waals surface area (Å²) >= 11 is 3.40. The number of halogens is 1. The van der Waals surface area contributed by atoms with Crippen molar-refractivity contribution in [1.82, 2.24) is 14.9 Å². The first-order valence-electron chi connectivity index (χ1n) is 7.83. The third-order valence-electron chi connectivity index (χ3n) is 4.58. The van der Waals surface area contributed by atoms with Gasteiger partial charge in [0.15, 0.2) is 0 Å². The number of hydrogen-bond acceptors (Lipinski definition) is 5. The van der Waals surface area contributed by atoms with E-state index in [0.29, 0.717) is 5.88 Å². The fourth-order valence-electron chi connectivity index (χ4n) is 3.37. The molecule has 0 atom stereocenters. The lowest BCUT2D eigenvalue weighted by molar-refractivity contribution is 0.147. The molecule has 3 rings (SSSR count). The second-order valence-electron chi connectivity index (χ2n) is 5.84. The molecule has 1 aromatic heterocycles. The van der Waals surface area contributed by atoms with E-state index >= 15 is 0 Å². The lowest BCUT2D eigenvalue weighted by atomic mass is 9.94. The van der Waals surface area contributed by atoms with Crippen molar-refractivity contribution >= 4 is 21.9 Å². The predicted molar refractivity (Wildman–Crippen MR) is 86.9 cm³/mol. The number of ether oxygens (including phenoxy) is 1. The van der Waals surface area contributed by atoms with Crippen LogP contribution in [0.2, 0.25) is 0 Å². The maximum absolute atomic E-state index is 5.26. The number of piperazine rings is 1. The van der Waals surface area contributed by atoms with Crippen molar-refractivity contribution in [3.63, 3.8) is 0 Å². The molecule has 0 N–H and O–H groups in total. The molecule has 2 heterocycles. The normalized spacial score (nSPS) is 21.5. The van der Waals surface area contributed by atoms with Crippen molar-refractivity contribution in [3.8, 4) is 5.88 Å². The summed E-state index contributed by atoms with van der Waals surface area (Å²) in [5, 5.41) is 0. The highest BCUT2D eigenvalue weighted by Crippen LogP contribution is 2.26. The van der Waals surface area contributed by atoms with Gasteiger partial charge >= 0.3 is 0 Å². The van der Waals surface area contributed by atoms with Gasteiger partial charge in [0.25, 0.3) is 0 Å². The fraction of sp³-hybridized carbons (Fsp3) is 0.733. The van der Waals surface area contributed by atoms with Gasteiger partial charge in [0.2, 0.25) is 11.8 Å². The Morgan fingerprint density at radius 3 is 2.52 bits per heavy atom. The van der Waals surface area contributed by atoms with Gasteiger partial charge in [-0.25, -0.2) is 4.98 Å². The van der Waals surface area contributed by atoms with E-state index in [1.165, 1.54) is 32.1 Å². The summed E-state index contributed by atoms with van der Waals surface area (Å²) in [6, 6.07) is 0.807. The topological polar surface area (TPSA) is 41.5 Å². The van der Waals surface area contributed by atoms with E-state index in [4.69, 9.17) is 4.74 Å². The second kappa shape index (κ2) is 6.92. The Morgan fingerprint density at radius 2 is 1.86 bits per heavy atom. The number of methoxy groups -OCH3 is 1. The maximum atomic E-state index is 5.26. The smallest absolute Gasteiger partial charge is 0.232 e. The quantitative estimate of drug-likeness (QED) is 0.834. The summed E-state index contributed by atoms with van der Waals surface area (Å²) in [4.78, 5) is 13.8. The molecular formula is C15H23BrN4O. The van der Waals surface area contributed by atoms with Gasteiger partial charge in [0.1, 0.15) is 0 Å². The third kappa shape index (κ3) is 3.48. The molecular weight excluding hydrogens is 332 g/mol. The molecule has 5 nitrogen and oxygen atoms in total. The third-order valence-corrected chi connectivity index (χ3v) is 5.12. The Labute approximate surface area is 134 Å². The van der Waals surface area contributed by atoms with Gasteiger partial charge < -0.3 is 9.64 Å². The van der Waals surface area contributed by atoms with Crippen LogP contribution in [0.5, 0.6) is 5.88 Å². The summed E-state index contributed by atoms with van der Waals surface area (Å²) in [6.45, 7) is 4.24. The van der Waals surface area contributed by atoms with E-state index < -0.39 is 0 Å². The molecule has 0 bridgehead atoms. The highest BCUT2D eigenvalue weighted by atomic mass is 79.9. The molecule has 2 aliphatic rings. The van der Waals surface area contributed by atoms with Crippen LogP contribution in [-0.4, -0.2) is 54.2 Å². The Morgan fingerprint density at radius 1 is 1.14 bits per heavy atom. The van der Waals surface area contributed by atoms with Gasteiger partial charge in [0, 0.05) is 32.2 Å². The van der Waals surface area contributed by atoms with Crippen molar-refractivity contribution in [1.29, 1.82) is 0 Å². The van der Waals surface area contributed by atoms with E-state index in [-0.39, 0.29) is 0 Å². The second-order valence-corrected chi connectivity index (χ2v) is 6.70. The molecule has 0 spiro atoms. The molecule has 1 saturated heterocycles. The van der Waals surface area contributed by atoms with E-state index in [0.717, 1.165) is 42.6 Å². The van der Waals surface area contributed by atoms with Crippen LogP contribution in [0, 0.1) is 0 Å². The summed E-state index contributed by atoms with van der Waals surface area (Å²) in [5.41, 5.74) is 0. The van der Waals surface area contributed by atoms with Crippen molar-refractivity contribution in [2.45, 2.75) is 38.1 Å². The van der Waals surface area contributed by atoms with Crippen molar-refractivity contribution in [2.24, 2.45) is 0 Å². The molecule has 0 radical (unpaired) electrons.